The smallest absolute Gasteiger partial charge is 0.256 e. The van der Waals surface area contributed by atoms with Gasteiger partial charge in [-0.15, -0.1) is 0 Å². The van der Waals surface area contributed by atoms with Crippen LogP contribution < -0.4 is 5.32 Å². The molecule has 3 aromatic rings. The van der Waals surface area contributed by atoms with Crippen molar-refractivity contribution in [2.75, 3.05) is 31.5 Å². The van der Waals surface area contributed by atoms with E-state index in [4.69, 9.17) is 23.2 Å². The number of hydrogen-bond donors (Lipinski definition) is 2. The number of hydrogen-bond acceptors (Lipinski definition) is 5. The molecule has 0 bridgehead atoms. The topological polar surface area (TPSA) is 103 Å². The number of fused-ring (bicyclic) bond motifs is 1. The molecule has 0 spiro atoms. The molecule has 1 aromatic heterocycles. The van der Waals surface area contributed by atoms with Gasteiger partial charge in [-0.25, -0.2) is 8.42 Å². The number of halogens is 2. The fraction of sp³-hybridized carbons (Fsp3) is 0.355. The predicted octanol–water partition coefficient (Wildman–Crippen LogP) is 5.80. The molecule has 0 unspecified atom stereocenters. The Labute approximate surface area is 255 Å². The zero-order valence-corrected chi connectivity index (χ0v) is 25.6. The van der Waals surface area contributed by atoms with E-state index in [0.29, 0.717) is 34.6 Å². The molecule has 2 fully saturated rings. The van der Waals surface area contributed by atoms with Crippen LogP contribution in [0.1, 0.15) is 58.6 Å². The minimum Gasteiger partial charge on any atom is -0.358 e. The van der Waals surface area contributed by atoms with Gasteiger partial charge in [0, 0.05) is 51.7 Å². The second kappa shape index (κ2) is 11.5. The normalized spacial score (nSPS) is 20.0. The Balaban J connectivity index is 1.31. The highest BCUT2D eigenvalue weighted by molar-refractivity contribution is 7.90. The Kier molecular flexibility index (Phi) is 7.95. The summed E-state index contributed by atoms with van der Waals surface area (Å²) in [6.45, 7) is 5.63. The van der Waals surface area contributed by atoms with Crippen molar-refractivity contribution in [3.63, 3.8) is 0 Å². The molecule has 2 N–H and O–H groups in total. The highest BCUT2D eigenvalue weighted by Gasteiger charge is 2.34. The summed E-state index contributed by atoms with van der Waals surface area (Å²) in [7, 11) is -3.85. The SMILES string of the molecule is Cc1cc(C(=O)N2CCC[C@H]2CN2CCCC2)c(C=C2C(=O)Nc3ccc(S(=O)(=O)Cc4c(Cl)cccc4Cl)cc32)[nH]1. The van der Waals surface area contributed by atoms with Gasteiger partial charge >= 0.3 is 0 Å². The minimum absolute atomic E-state index is 0.0421. The number of carbonyl (C=O) groups is 2. The van der Waals surface area contributed by atoms with Crippen LogP contribution in [0.25, 0.3) is 11.6 Å². The Hall–Kier alpha value is -3.11. The van der Waals surface area contributed by atoms with Crippen molar-refractivity contribution in [1.29, 1.82) is 0 Å². The van der Waals surface area contributed by atoms with Gasteiger partial charge < -0.3 is 20.1 Å². The van der Waals surface area contributed by atoms with Crippen molar-refractivity contribution in [2.45, 2.75) is 49.3 Å². The van der Waals surface area contributed by atoms with Crippen LogP contribution in [-0.2, 0) is 20.4 Å². The lowest BCUT2D eigenvalue weighted by Crippen LogP contribution is -2.42. The second-order valence-corrected chi connectivity index (χ2v) is 14.1. The standard InChI is InChI=1S/C31H32Cl2N4O4S/c1-19-14-24(31(39)37-13-5-6-20(37)17-36-11-2-3-12-36)29(34-19)16-23-22-15-21(9-10-28(22)35-30(23)38)42(40,41)18-25-26(32)7-4-8-27(25)33/h4,7-10,14-16,20,34H,2-3,5-6,11-13,17-18H2,1H3,(H,35,38)/t20-/m0/s1. The maximum Gasteiger partial charge on any atom is 0.256 e. The van der Waals surface area contributed by atoms with Crippen LogP contribution in [0, 0.1) is 6.92 Å². The Morgan fingerprint density at radius 2 is 1.79 bits per heavy atom. The lowest BCUT2D eigenvalue weighted by Gasteiger charge is -2.28. The first kappa shape index (κ1) is 29.0. The van der Waals surface area contributed by atoms with Crippen LogP contribution in [0.2, 0.25) is 10.0 Å². The summed E-state index contributed by atoms with van der Waals surface area (Å²) in [5.74, 6) is -0.805. The van der Waals surface area contributed by atoms with E-state index in [9.17, 15) is 18.0 Å². The summed E-state index contributed by atoms with van der Waals surface area (Å²) in [6.07, 6.45) is 6.00. The molecule has 1 atom stereocenters. The highest BCUT2D eigenvalue weighted by Crippen LogP contribution is 2.37. The molecule has 2 aromatic carbocycles. The number of H-pyrrole nitrogens is 1. The van der Waals surface area contributed by atoms with Gasteiger partial charge in [0.2, 0.25) is 0 Å². The number of nitrogens with zero attached hydrogens (tertiary/aromatic N) is 2. The number of aryl methyl sites for hydroxylation is 1. The largest absolute Gasteiger partial charge is 0.358 e. The molecular weight excluding hydrogens is 595 g/mol. The van der Waals surface area contributed by atoms with E-state index in [1.165, 1.54) is 25.0 Å². The molecule has 2 amide bonds. The quantitative estimate of drug-likeness (QED) is 0.323. The molecule has 4 heterocycles. The number of likely N-dealkylation sites (tertiary alicyclic amines) is 2. The number of amides is 2. The fourth-order valence-electron chi connectivity index (χ4n) is 6.20. The number of sulfone groups is 1. The Bertz CT molecular complexity index is 1690. The zero-order chi connectivity index (χ0) is 29.6. The zero-order valence-electron chi connectivity index (χ0n) is 23.3. The third-order valence-corrected chi connectivity index (χ3v) is 10.7. The van der Waals surface area contributed by atoms with Gasteiger partial charge in [-0.1, -0.05) is 29.3 Å². The number of anilines is 1. The van der Waals surface area contributed by atoms with Crippen molar-refractivity contribution in [2.24, 2.45) is 0 Å². The van der Waals surface area contributed by atoms with Gasteiger partial charge in [-0.05, 0) is 88.2 Å². The summed E-state index contributed by atoms with van der Waals surface area (Å²) in [5, 5.41) is 3.35. The predicted molar refractivity (Wildman–Crippen MR) is 166 cm³/mol. The first-order valence-electron chi connectivity index (χ1n) is 14.2. The monoisotopic (exact) mass is 626 g/mol. The molecule has 0 saturated carbocycles. The molecule has 0 radical (unpaired) electrons. The lowest BCUT2D eigenvalue weighted by atomic mass is 10.0. The van der Waals surface area contributed by atoms with Crippen molar-refractivity contribution < 1.29 is 18.0 Å². The molecule has 11 heteroatoms. The maximum atomic E-state index is 13.8. The highest BCUT2D eigenvalue weighted by atomic mass is 35.5. The van der Waals surface area contributed by atoms with Crippen LogP contribution in [0.15, 0.2) is 47.4 Å². The Morgan fingerprint density at radius 1 is 1.05 bits per heavy atom. The van der Waals surface area contributed by atoms with E-state index in [1.807, 2.05) is 17.9 Å². The van der Waals surface area contributed by atoms with E-state index in [0.717, 1.165) is 38.2 Å². The van der Waals surface area contributed by atoms with E-state index >= 15 is 0 Å². The van der Waals surface area contributed by atoms with Crippen LogP contribution in [0.5, 0.6) is 0 Å². The minimum atomic E-state index is -3.85. The van der Waals surface area contributed by atoms with Crippen LogP contribution in [-0.4, -0.2) is 67.2 Å². The Morgan fingerprint density at radius 3 is 2.52 bits per heavy atom. The van der Waals surface area contributed by atoms with Crippen LogP contribution in [0.4, 0.5) is 5.69 Å². The van der Waals surface area contributed by atoms with E-state index in [1.54, 1.807) is 30.3 Å². The third kappa shape index (κ3) is 5.63. The molecular formula is C31H32Cl2N4O4S. The van der Waals surface area contributed by atoms with Gasteiger partial charge in [-0.2, -0.15) is 0 Å². The molecule has 0 aliphatic carbocycles. The number of aromatic amines is 1. The molecule has 6 rings (SSSR count). The van der Waals surface area contributed by atoms with Gasteiger partial charge in [0.25, 0.3) is 11.8 Å². The summed E-state index contributed by atoms with van der Waals surface area (Å²) in [4.78, 5) is 34.6. The van der Waals surface area contributed by atoms with Gasteiger partial charge in [0.1, 0.15) is 0 Å². The molecule has 3 aliphatic rings. The summed E-state index contributed by atoms with van der Waals surface area (Å²) in [6, 6.07) is 11.4. The van der Waals surface area contributed by atoms with E-state index in [-0.39, 0.29) is 44.1 Å². The van der Waals surface area contributed by atoms with E-state index in [2.05, 4.69) is 15.2 Å². The number of benzene rings is 2. The van der Waals surface area contributed by atoms with Crippen molar-refractivity contribution in [1.82, 2.24) is 14.8 Å². The van der Waals surface area contributed by atoms with Gasteiger partial charge in [-0.3, -0.25) is 9.59 Å². The van der Waals surface area contributed by atoms with Crippen molar-refractivity contribution in [3.05, 3.63) is 80.6 Å². The van der Waals surface area contributed by atoms with E-state index < -0.39 is 9.84 Å². The number of nitrogens with one attached hydrogen (secondary N) is 2. The first-order chi connectivity index (χ1) is 20.1. The summed E-state index contributed by atoms with van der Waals surface area (Å²) >= 11 is 12.5. The van der Waals surface area contributed by atoms with Gasteiger partial charge in [0.15, 0.2) is 9.84 Å². The average molecular weight is 628 g/mol. The number of aromatic nitrogens is 1. The molecule has 2 saturated heterocycles. The summed E-state index contributed by atoms with van der Waals surface area (Å²) in [5.41, 5.74) is 3.38. The van der Waals surface area contributed by atoms with Crippen LogP contribution >= 0.6 is 23.2 Å². The number of carbonyl (C=O) groups excluding carboxylic acids is 2. The fourth-order valence-corrected chi connectivity index (χ4v) is 8.32. The number of rotatable bonds is 7. The van der Waals surface area contributed by atoms with Crippen molar-refractivity contribution >= 4 is 62.2 Å². The lowest BCUT2D eigenvalue weighted by molar-refractivity contribution is -0.110. The molecule has 3 aliphatic heterocycles. The first-order valence-corrected chi connectivity index (χ1v) is 16.6. The second-order valence-electron chi connectivity index (χ2n) is 11.3. The van der Waals surface area contributed by atoms with Crippen LogP contribution in [0.3, 0.4) is 0 Å². The summed E-state index contributed by atoms with van der Waals surface area (Å²) < 4.78 is 26.8. The molecule has 42 heavy (non-hydrogen) atoms. The van der Waals surface area contributed by atoms with Gasteiger partial charge in [0.05, 0.1) is 27.5 Å². The maximum absolute atomic E-state index is 13.8. The van der Waals surface area contributed by atoms with Crippen molar-refractivity contribution in [3.8, 4) is 0 Å². The average Bonchev–Trinajstić information content (AvgIpc) is 3.75. The molecule has 8 nitrogen and oxygen atoms in total. The molecule has 220 valence electrons. The third-order valence-electron chi connectivity index (χ3n) is 8.34.